The van der Waals surface area contributed by atoms with Crippen LogP contribution in [0.15, 0.2) is 48.7 Å². The number of hydrogen-bond acceptors (Lipinski definition) is 3. The van der Waals surface area contributed by atoms with Gasteiger partial charge >= 0.3 is 0 Å². The van der Waals surface area contributed by atoms with Gasteiger partial charge < -0.3 is 10.6 Å². The molecule has 0 atom stereocenters. The minimum atomic E-state index is -0.0175. The van der Waals surface area contributed by atoms with Gasteiger partial charge in [0.2, 0.25) is 11.8 Å². The predicted octanol–water partition coefficient (Wildman–Crippen LogP) is 3.45. The summed E-state index contributed by atoms with van der Waals surface area (Å²) in [5.74, 6) is 0.0903. The van der Waals surface area contributed by atoms with Crippen LogP contribution in [0.2, 0.25) is 0 Å². The first-order valence-electron chi connectivity index (χ1n) is 9.17. The SMILES string of the molecule is Cc1ccc(NC(=O)C2CCC(C(=O)NCc3ccccn3)CC2)cc1. The molecule has 1 fully saturated rings. The van der Waals surface area contributed by atoms with Crippen LogP contribution in [0.25, 0.3) is 0 Å². The average molecular weight is 351 g/mol. The summed E-state index contributed by atoms with van der Waals surface area (Å²) >= 11 is 0. The number of aryl methyl sites for hydroxylation is 1. The van der Waals surface area contributed by atoms with E-state index < -0.39 is 0 Å². The van der Waals surface area contributed by atoms with Crippen LogP contribution in [0.3, 0.4) is 0 Å². The van der Waals surface area contributed by atoms with Gasteiger partial charge in [-0.3, -0.25) is 14.6 Å². The summed E-state index contributed by atoms with van der Waals surface area (Å²) in [5.41, 5.74) is 2.85. The molecular weight excluding hydrogens is 326 g/mol. The number of amides is 2. The fraction of sp³-hybridized carbons (Fsp3) is 0.381. The molecule has 26 heavy (non-hydrogen) atoms. The number of carbonyl (C=O) groups excluding carboxylic acids is 2. The van der Waals surface area contributed by atoms with Crippen molar-refractivity contribution in [1.29, 1.82) is 0 Å². The van der Waals surface area contributed by atoms with Crippen LogP contribution < -0.4 is 10.6 Å². The molecule has 0 spiro atoms. The Kier molecular flexibility index (Phi) is 6.00. The van der Waals surface area contributed by atoms with Crippen LogP contribution in [-0.4, -0.2) is 16.8 Å². The number of pyridine rings is 1. The van der Waals surface area contributed by atoms with Gasteiger partial charge in [-0.2, -0.15) is 0 Å². The van der Waals surface area contributed by atoms with Gasteiger partial charge in [0.15, 0.2) is 0 Å². The summed E-state index contributed by atoms with van der Waals surface area (Å²) in [6.07, 6.45) is 4.72. The number of aromatic nitrogens is 1. The summed E-state index contributed by atoms with van der Waals surface area (Å²) in [6.45, 7) is 2.47. The lowest BCUT2D eigenvalue weighted by Gasteiger charge is -2.27. The number of hydrogen-bond donors (Lipinski definition) is 2. The fourth-order valence-corrected chi connectivity index (χ4v) is 3.32. The van der Waals surface area contributed by atoms with Crippen LogP contribution in [-0.2, 0) is 16.1 Å². The number of benzene rings is 1. The minimum Gasteiger partial charge on any atom is -0.350 e. The second kappa shape index (κ2) is 8.61. The molecule has 136 valence electrons. The van der Waals surface area contributed by atoms with Crippen molar-refractivity contribution in [2.45, 2.75) is 39.2 Å². The third-order valence-electron chi connectivity index (χ3n) is 4.96. The molecular formula is C21H25N3O2. The van der Waals surface area contributed by atoms with Crippen molar-refractivity contribution in [3.8, 4) is 0 Å². The third-order valence-corrected chi connectivity index (χ3v) is 4.96. The Balaban J connectivity index is 1.43. The average Bonchev–Trinajstić information content (AvgIpc) is 2.69. The van der Waals surface area contributed by atoms with E-state index in [9.17, 15) is 9.59 Å². The number of anilines is 1. The molecule has 0 unspecified atom stereocenters. The molecule has 5 heteroatoms. The maximum absolute atomic E-state index is 12.4. The summed E-state index contributed by atoms with van der Waals surface area (Å²) in [7, 11) is 0. The lowest BCUT2D eigenvalue weighted by atomic mass is 9.81. The summed E-state index contributed by atoms with van der Waals surface area (Å²) in [4.78, 5) is 29.0. The van der Waals surface area contributed by atoms with E-state index in [2.05, 4.69) is 15.6 Å². The highest BCUT2D eigenvalue weighted by Crippen LogP contribution is 2.30. The van der Waals surface area contributed by atoms with Crippen LogP contribution >= 0.6 is 0 Å². The highest BCUT2D eigenvalue weighted by molar-refractivity contribution is 5.92. The molecule has 1 heterocycles. The predicted molar refractivity (Wildman–Crippen MR) is 101 cm³/mol. The van der Waals surface area contributed by atoms with Gasteiger partial charge in [0.1, 0.15) is 0 Å². The standard InChI is InChI=1S/C21H25N3O2/c1-15-5-11-18(12-6-15)24-21(26)17-9-7-16(8-10-17)20(25)23-14-19-4-2-3-13-22-19/h2-6,11-13,16-17H,7-10,14H2,1H3,(H,23,25)(H,24,26). The van der Waals surface area contributed by atoms with E-state index in [4.69, 9.17) is 0 Å². The molecule has 1 aliphatic rings. The first-order chi connectivity index (χ1) is 12.6. The molecule has 1 saturated carbocycles. The highest BCUT2D eigenvalue weighted by Gasteiger charge is 2.29. The Morgan fingerprint density at radius 2 is 1.62 bits per heavy atom. The quantitative estimate of drug-likeness (QED) is 0.867. The molecule has 1 aromatic heterocycles. The summed E-state index contributed by atoms with van der Waals surface area (Å²) in [6, 6.07) is 13.5. The largest absolute Gasteiger partial charge is 0.350 e. The third kappa shape index (κ3) is 4.91. The zero-order chi connectivity index (χ0) is 18.4. The molecule has 1 aromatic carbocycles. The number of rotatable bonds is 5. The normalized spacial score (nSPS) is 19.6. The van der Waals surface area contributed by atoms with Gasteiger partial charge in [-0.25, -0.2) is 0 Å². The van der Waals surface area contributed by atoms with Crippen molar-refractivity contribution in [2.24, 2.45) is 11.8 Å². The molecule has 0 bridgehead atoms. The first-order valence-corrected chi connectivity index (χ1v) is 9.17. The lowest BCUT2D eigenvalue weighted by molar-refractivity contribution is -0.128. The Hall–Kier alpha value is -2.69. The van der Waals surface area contributed by atoms with Gasteiger partial charge in [-0.15, -0.1) is 0 Å². The van der Waals surface area contributed by atoms with Crippen molar-refractivity contribution >= 4 is 17.5 Å². The number of nitrogens with zero attached hydrogens (tertiary/aromatic N) is 1. The maximum atomic E-state index is 12.4. The molecule has 2 aromatic rings. The van der Waals surface area contributed by atoms with Gasteiger partial charge in [0, 0.05) is 23.7 Å². The molecule has 2 amide bonds. The zero-order valence-corrected chi connectivity index (χ0v) is 15.1. The topological polar surface area (TPSA) is 71.1 Å². The molecule has 0 radical (unpaired) electrons. The van der Waals surface area contributed by atoms with Crippen LogP contribution in [0.4, 0.5) is 5.69 Å². The van der Waals surface area contributed by atoms with Crippen LogP contribution in [0.1, 0.15) is 36.9 Å². The summed E-state index contributed by atoms with van der Waals surface area (Å²) in [5, 5.41) is 5.94. The van der Waals surface area contributed by atoms with E-state index in [0.717, 1.165) is 37.1 Å². The summed E-state index contributed by atoms with van der Waals surface area (Å²) < 4.78 is 0. The van der Waals surface area contributed by atoms with Crippen molar-refractivity contribution in [1.82, 2.24) is 10.3 Å². The van der Waals surface area contributed by atoms with Crippen LogP contribution in [0, 0.1) is 18.8 Å². The Labute approximate surface area is 154 Å². The van der Waals surface area contributed by atoms with E-state index in [1.807, 2.05) is 49.4 Å². The molecule has 3 rings (SSSR count). The van der Waals surface area contributed by atoms with Crippen LogP contribution in [0.5, 0.6) is 0 Å². The number of nitrogens with one attached hydrogen (secondary N) is 2. The molecule has 0 saturated heterocycles. The molecule has 0 aliphatic heterocycles. The lowest BCUT2D eigenvalue weighted by Crippen LogP contribution is -2.35. The minimum absolute atomic E-state index is 0.0119. The van der Waals surface area contributed by atoms with Crippen molar-refractivity contribution in [3.05, 3.63) is 59.9 Å². The van der Waals surface area contributed by atoms with E-state index in [1.54, 1.807) is 6.20 Å². The first kappa shape index (κ1) is 18.1. The second-order valence-electron chi connectivity index (χ2n) is 6.94. The maximum Gasteiger partial charge on any atom is 0.227 e. The monoisotopic (exact) mass is 351 g/mol. The fourth-order valence-electron chi connectivity index (χ4n) is 3.32. The molecule has 1 aliphatic carbocycles. The Bertz CT molecular complexity index is 736. The molecule has 2 N–H and O–H groups in total. The Morgan fingerprint density at radius 3 is 2.23 bits per heavy atom. The Morgan fingerprint density at radius 1 is 0.962 bits per heavy atom. The van der Waals surface area contributed by atoms with E-state index in [0.29, 0.717) is 6.54 Å². The van der Waals surface area contributed by atoms with Crippen molar-refractivity contribution in [3.63, 3.8) is 0 Å². The van der Waals surface area contributed by atoms with Gasteiger partial charge in [0.05, 0.1) is 12.2 Å². The zero-order valence-electron chi connectivity index (χ0n) is 15.1. The van der Waals surface area contributed by atoms with Gasteiger partial charge in [-0.1, -0.05) is 23.8 Å². The second-order valence-corrected chi connectivity index (χ2v) is 6.94. The van der Waals surface area contributed by atoms with Crippen molar-refractivity contribution in [2.75, 3.05) is 5.32 Å². The highest BCUT2D eigenvalue weighted by atomic mass is 16.2. The number of carbonyl (C=O) groups is 2. The van der Waals surface area contributed by atoms with E-state index in [-0.39, 0.29) is 23.7 Å². The van der Waals surface area contributed by atoms with E-state index >= 15 is 0 Å². The van der Waals surface area contributed by atoms with E-state index in [1.165, 1.54) is 5.56 Å². The van der Waals surface area contributed by atoms with Gasteiger partial charge in [-0.05, 0) is 56.9 Å². The van der Waals surface area contributed by atoms with Crippen molar-refractivity contribution < 1.29 is 9.59 Å². The van der Waals surface area contributed by atoms with Gasteiger partial charge in [0.25, 0.3) is 0 Å². The molecule has 5 nitrogen and oxygen atoms in total. The smallest absolute Gasteiger partial charge is 0.227 e.